The van der Waals surface area contributed by atoms with Crippen molar-refractivity contribution in [3.8, 4) is 17.8 Å². The summed E-state index contributed by atoms with van der Waals surface area (Å²) in [5, 5.41) is 0. The molecule has 0 aliphatic rings. The molecule has 6 nitrogen and oxygen atoms in total. The first kappa shape index (κ1) is 12.2. The van der Waals surface area contributed by atoms with Gasteiger partial charge < -0.3 is 14.2 Å². The Morgan fingerprint density at radius 1 is 1.12 bits per heavy atom. The number of carbonyl (C=O) groups excluding carboxylic acids is 1. The second-order valence-corrected chi connectivity index (χ2v) is 2.72. The van der Waals surface area contributed by atoms with Gasteiger partial charge in [0.1, 0.15) is 5.56 Å². The van der Waals surface area contributed by atoms with Crippen LogP contribution in [0.15, 0.2) is 0 Å². The normalized spacial score (nSPS) is 9.69. The lowest BCUT2D eigenvalue weighted by Gasteiger charge is -2.10. The van der Waals surface area contributed by atoms with Crippen molar-refractivity contribution in [2.75, 3.05) is 20.3 Å². The Balaban J connectivity index is 3.22. The first-order valence-electron chi connectivity index (χ1n) is 4.93. The average molecular weight is 226 g/mol. The molecule has 0 spiro atoms. The highest BCUT2D eigenvalue weighted by atomic mass is 16.5. The van der Waals surface area contributed by atoms with Crippen molar-refractivity contribution in [1.29, 1.82) is 0 Å². The highest BCUT2D eigenvalue weighted by Gasteiger charge is 2.16. The maximum Gasteiger partial charge on any atom is 0.322 e. The predicted octanol–water partition coefficient (Wildman–Crippen LogP) is 1.10. The molecule has 0 saturated carbocycles. The molecule has 0 radical (unpaired) electrons. The van der Waals surface area contributed by atoms with Gasteiger partial charge in [-0.05, 0) is 13.8 Å². The Labute approximate surface area is 93.6 Å². The zero-order valence-electron chi connectivity index (χ0n) is 9.52. The summed E-state index contributed by atoms with van der Waals surface area (Å²) >= 11 is 0. The third-order valence-corrected chi connectivity index (χ3v) is 1.72. The van der Waals surface area contributed by atoms with E-state index in [0.29, 0.717) is 19.5 Å². The molecule has 1 aromatic heterocycles. The number of methoxy groups -OCH3 is 1. The lowest BCUT2D eigenvalue weighted by molar-refractivity contribution is 0.111. The fraction of sp³-hybridized carbons (Fsp3) is 0.500. The Hall–Kier alpha value is -1.85. The van der Waals surface area contributed by atoms with E-state index in [1.165, 1.54) is 7.11 Å². The van der Waals surface area contributed by atoms with Crippen LogP contribution >= 0.6 is 0 Å². The topological polar surface area (TPSA) is 70.5 Å². The highest BCUT2D eigenvalue weighted by molar-refractivity contribution is 5.81. The third kappa shape index (κ3) is 2.59. The molecule has 0 aromatic carbocycles. The Bertz CT molecular complexity index is 341. The molecule has 0 N–H and O–H groups in total. The molecule has 0 aliphatic carbocycles. The van der Waals surface area contributed by atoms with E-state index in [1.54, 1.807) is 13.8 Å². The number of nitrogens with zero attached hydrogens (tertiary/aromatic N) is 2. The maximum atomic E-state index is 10.9. The largest absolute Gasteiger partial charge is 0.477 e. The van der Waals surface area contributed by atoms with Crippen molar-refractivity contribution < 1.29 is 19.0 Å². The summed E-state index contributed by atoms with van der Waals surface area (Å²) < 4.78 is 15.3. The van der Waals surface area contributed by atoms with Gasteiger partial charge in [0.25, 0.3) is 0 Å². The number of hydrogen-bond acceptors (Lipinski definition) is 6. The monoisotopic (exact) mass is 226 g/mol. The minimum absolute atomic E-state index is 0.109. The van der Waals surface area contributed by atoms with Gasteiger partial charge in [-0.1, -0.05) is 0 Å². The molecular weight excluding hydrogens is 212 g/mol. The molecule has 0 amide bonds. The number of aromatic nitrogens is 2. The number of hydrogen-bond donors (Lipinski definition) is 0. The number of carbonyl (C=O) groups is 1. The van der Waals surface area contributed by atoms with Crippen LogP contribution in [0.3, 0.4) is 0 Å². The van der Waals surface area contributed by atoms with E-state index in [4.69, 9.17) is 14.2 Å². The second kappa shape index (κ2) is 5.89. The summed E-state index contributed by atoms with van der Waals surface area (Å²) in [6.07, 6.45) is 0.607. The Kier molecular flexibility index (Phi) is 4.50. The van der Waals surface area contributed by atoms with E-state index in [1.807, 2.05) is 0 Å². The molecule has 0 aliphatic heterocycles. The molecule has 6 heteroatoms. The SMILES string of the molecule is CCOc1nc(OC)nc(OCC)c1C=O. The van der Waals surface area contributed by atoms with Gasteiger partial charge in [-0.2, -0.15) is 9.97 Å². The number of rotatable bonds is 6. The van der Waals surface area contributed by atoms with Gasteiger partial charge in [-0.25, -0.2) is 0 Å². The maximum absolute atomic E-state index is 10.9. The number of aldehydes is 1. The quantitative estimate of drug-likeness (QED) is 0.676. The molecule has 0 fully saturated rings. The fourth-order valence-electron chi connectivity index (χ4n) is 1.10. The van der Waals surface area contributed by atoms with E-state index in [2.05, 4.69) is 9.97 Å². The molecule has 88 valence electrons. The summed E-state index contributed by atoms with van der Waals surface area (Å²) in [7, 11) is 1.43. The summed E-state index contributed by atoms with van der Waals surface area (Å²) in [6.45, 7) is 4.38. The molecule has 1 rings (SSSR count). The van der Waals surface area contributed by atoms with Crippen LogP contribution in [0.1, 0.15) is 24.2 Å². The van der Waals surface area contributed by atoms with E-state index in [9.17, 15) is 4.79 Å². The van der Waals surface area contributed by atoms with Crippen molar-refractivity contribution in [2.24, 2.45) is 0 Å². The number of ether oxygens (including phenoxy) is 3. The van der Waals surface area contributed by atoms with Crippen molar-refractivity contribution in [3.63, 3.8) is 0 Å². The molecule has 0 saturated heterocycles. The second-order valence-electron chi connectivity index (χ2n) is 2.72. The zero-order valence-corrected chi connectivity index (χ0v) is 9.52. The van der Waals surface area contributed by atoms with E-state index < -0.39 is 0 Å². The zero-order chi connectivity index (χ0) is 12.0. The predicted molar refractivity (Wildman–Crippen MR) is 56.3 cm³/mol. The molecule has 0 unspecified atom stereocenters. The summed E-state index contributed by atoms with van der Waals surface area (Å²) in [4.78, 5) is 18.8. The molecule has 1 aromatic rings. The molecule has 0 bridgehead atoms. The summed E-state index contributed by atoms with van der Waals surface area (Å²) in [5.74, 6) is 0.348. The van der Waals surface area contributed by atoms with Crippen molar-refractivity contribution >= 4 is 6.29 Å². The molecular formula is C10H14N2O4. The molecule has 0 atom stereocenters. The van der Waals surface area contributed by atoms with Crippen LogP contribution in [-0.4, -0.2) is 36.6 Å². The fourth-order valence-corrected chi connectivity index (χ4v) is 1.10. The van der Waals surface area contributed by atoms with Gasteiger partial charge in [0, 0.05) is 0 Å². The van der Waals surface area contributed by atoms with Crippen LogP contribution in [0.4, 0.5) is 0 Å². The van der Waals surface area contributed by atoms with Crippen molar-refractivity contribution in [3.05, 3.63) is 5.56 Å². The Morgan fingerprint density at radius 3 is 1.94 bits per heavy atom. The molecule has 16 heavy (non-hydrogen) atoms. The van der Waals surface area contributed by atoms with Gasteiger partial charge in [0.2, 0.25) is 11.8 Å². The van der Waals surface area contributed by atoms with Crippen LogP contribution in [-0.2, 0) is 0 Å². The van der Waals surface area contributed by atoms with E-state index >= 15 is 0 Å². The van der Waals surface area contributed by atoms with Gasteiger partial charge in [-0.3, -0.25) is 4.79 Å². The van der Waals surface area contributed by atoms with Gasteiger partial charge in [0.05, 0.1) is 20.3 Å². The molecule has 1 heterocycles. The smallest absolute Gasteiger partial charge is 0.322 e. The van der Waals surface area contributed by atoms with Crippen LogP contribution < -0.4 is 14.2 Å². The summed E-state index contributed by atoms with van der Waals surface area (Å²) in [5.41, 5.74) is 0.199. The first-order valence-corrected chi connectivity index (χ1v) is 4.93. The lowest BCUT2D eigenvalue weighted by Crippen LogP contribution is -2.07. The van der Waals surface area contributed by atoms with E-state index in [-0.39, 0.29) is 23.3 Å². The summed E-state index contributed by atoms with van der Waals surface area (Å²) in [6, 6.07) is 0.109. The van der Waals surface area contributed by atoms with Crippen molar-refractivity contribution in [1.82, 2.24) is 9.97 Å². The minimum Gasteiger partial charge on any atom is -0.477 e. The van der Waals surface area contributed by atoms with Crippen LogP contribution in [0, 0.1) is 0 Å². The van der Waals surface area contributed by atoms with Crippen LogP contribution in [0.25, 0.3) is 0 Å². The third-order valence-electron chi connectivity index (χ3n) is 1.72. The van der Waals surface area contributed by atoms with Gasteiger partial charge in [0.15, 0.2) is 6.29 Å². The average Bonchev–Trinajstić information content (AvgIpc) is 2.29. The van der Waals surface area contributed by atoms with Crippen molar-refractivity contribution in [2.45, 2.75) is 13.8 Å². The highest BCUT2D eigenvalue weighted by Crippen LogP contribution is 2.25. The minimum atomic E-state index is 0.109. The lowest BCUT2D eigenvalue weighted by atomic mass is 10.3. The van der Waals surface area contributed by atoms with Gasteiger partial charge >= 0.3 is 6.01 Å². The standard InChI is InChI=1S/C10H14N2O4/c1-4-15-8-7(6-13)9(16-5-2)12-10(11-8)14-3/h6H,4-5H2,1-3H3. The Morgan fingerprint density at radius 2 is 1.62 bits per heavy atom. The van der Waals surface area contributed by atoms with E-state index in [0.717, 1.165) is 0 Å². The van der Waals surface area contributed by atoms with Crippen LogP contribution in [0.5, 0.6) is 17.8 Å². The van der Waals surface area contributed by atoms with Gasteiger partial charge in [-0.15, -0.1) is 0 Å². The first-order chi connectivity index (χ1) is 7.76. The van der Waals surface area contributed by atoms with Crippen LogP contribution in [0.2, 0.25) is 0 Å².